The third-order valence-electron chi connectivity index (χ3n) is 1.66. The molecule has 0 aromatic rings. The summed E-state index contributed by atoms with van der Waals surface area (Å²) in [5.41, 5.74) is 0. The molecule has 0 heterocycles. The minimum absolute atomic E-state index is 0.250. The molecule has 0 unspecified atom stereocenters. The van der Waals surface area contributed by atoms with Crippen LogP contribution in [0.25, 0.3) is 0 Å². The Balaban J connectivity index is 3.98. The summed E-state index contributed by atoms with van der Waals surface area (Å²) in [7, 11) is 0. The number of hydrogen-bond donors (Lipinski definition) is 2. The molecule has 0 spiro atoms. The number of nitrogens with one attached hydrogen (secondary N) is 1. The first-order valence-electron chi connectivity index (χ1n) is 4.72. The second-order valence-corrected chi connectivity index (χ2v) is 3.49. The topological polar surface area (TPSA) is 69.6 Å². The highest BCUT2D eigenvalue weighted by Gasteiger charge is 2.14. The van der Waals surface area contributed by atoms with E-state index in [9.17, 15) is 9.59 Å². The zero-order chi connectivity index (χ0) is 11.1. The SMILES string of the molecule is CCN(CC(=O)O)C(=O)NCC(C)C. The van der Waals surface area contributed by atoms with Crippen LogP contribution in [0.1, 0.15) is 20.8 Å². The molecule has 0 atom stereocenters. The van der Waals surface area contributed by atoms with Crippen molar-refractivity contribution in [2.45, 2.75) is 20.8 Å². The fourth-order valence-corrected chi connectivity index (χ4v) is 0.894. The average Bonchev–Trinajstić information content (AvgIpc) is 2.09. The van der Waals surface area contributed by atoms with Gasteiger partial charge in [0.05, 0.1) is 0 Å². The molecule has 0 saturated heterocycles. The predicted octanol–water partition coefficient (Wildman–Crippen LogP) is 0.758. The van der Waals surface area contributed by atoms with Crippen molar-refractivity contribution in [1.82, 2.24) is 10.2 Å². The Labute approximate surface area is 84.1 Å². The summed E-state index contributed by atoms with van der Waals surface area (Å²) in [6.45, 7) is 6.42. The van der Waals surface area contributed by atoms with Crippen molar-refractivity contribution in [1.29, 1.82) is 0 Å². The van der Waals surface area contributed by atoms with Gasteiger partial charge in [0.2, 0.25) is 0 Å². The number of urea groups is 1. The van der Waals surface area contributed by atoms with E-state index in [-0.39, 0.29) is 12.6 Å². The first-order valence-corrected chi connectivity index (χ1v) is 4.72. The van der Waals surface area contributed by atoms with E-state index in [2.05, 4.69) is 5.32 Å². The lowest BCUT2D eigenvalue weighted by molar-refractivity contribution is -0.137. The number of aliphatic carboxylic acids is 1. The highest BCUT2D eigenvalue weighted by atomic mass is 16.4. The fourth-order valence-electron chi connectivity index (χ4n) is 0.894. The van der Waals surface area contributed by atoms with Gasteiger partial charge in [0.25, 0.3) is 0 Å². The summed E-state index contributed by atoms with van der Waals surface area (Å²) in [5.74, 6) is -0.631. The van der Waals surface area contributed by atoms with Crippen LogP contribution >= 0.6 is 0 Å². The smallest absolute Gasteiger partial charge is 0.323 e. The molecular weight excluding hydrogens is 184 g/mol. The monoisotopic (exact) mass is 202 g/mol. The summed E-state index contributed by atoms with van der Waals surface area (Å²) >= 11 is 0. The predicted molar refractivity (Wildman–Crippen MR) is 53.1 cm³/mol. The van der Waals surface area contributed by atoms with Gasteiger partial charge in [0, 0.05) is 13.1 Å². The fraction of sp³-hybridized carbons (Fsp3) is 0.778. The number of amides is 2. The van der Waals surface area contributed by atoms with Gasteiger partial charge in [-0.3, -0.25) is 4.79 Å². The van der Waals surface area contributed by atoms with Gasteiger partial charge >= 0.3 is 12.0 Å². The normalized spacial score (nSPS) is 10.0. The minimum Gasteiger partial charge on any atom is -0.480 e. The van der Waals surface area contributed by atoms with Crippen LogP contribution in [0.5, 0.6) is 0 Å². The van der Waals surface area contributed by atoms with E-state index >= 15 is 0 Å². The lowest BCUT2D eigenvalue weighted by Gasteiger charge is -2.19. The Hall–Kier alpha value is -1.26. The van der Waals surface area contributed by atoms with E-state index in [4.69, 9.17) is 5.11 Å². The summed E-state index contributed by atoms with van der Waals surface area (Å²) in [5, 5.41) is 11.2. The van der Waals surface area contributed by atoms with Crippen LogP contribution in [0.3, 0.4) is 0 Å². The molecule has 14 heavy (non-hydrogen) atoms. The Morgan fingerprint density at radius 2 is 2.00 bits per heavy atom. The Morgan fingerprint density at radius 1 is 1.43 bits per heavy atom. The van der Waals surface area contributed by atoms with Crippen molar-refractivity contribution < 1.29 is 14.7 Å². The zero-order valence-electron chi connectivity index (χ0n) is 8.91. The standard InChI is InChI=1S/C9H18N2O3/c1-4-11(6-8(12)13)9(14)10-5-7(2)3/h7H,4-6H2,1-3H3,(H,10,14)(H,12,13). The lowest BCUT2D eigenvalue weighted by atomic mass is 10.2. The van der Waals surface area contributed by atoms with Crippen molar-refractivity contribution in [2.24, 2.45) is 5.92 Å². The molecule has 0 aromatic heterocycles. The molecule has 0 aliphatic carbocycles. The van der Waals surface area contributed by atoms with Gasteiger partial charge in [0.1, 0.15) is 6.54 Å². The van der Waals surface area contributed by atoms with Crippen molar-refractivity contribution in [3.8, 4) is 0 Å². The van der Waals surface area contributed by atoms with Crippen molar-refractivity contribution in [3.63, 3.8) is 0 Å². The Kier molecular flexibility index (Phi) is 5.67. The summed E-state index contributed by atoms with van der Waals surface area (Å²) in [6, 6.07) is -0.316. The lowest BCUT2D eigenvalue weighted by Crippen LogP contribution is -2.43. The molecule has 0 aliphatic rings. The van der Waals surface area contributed by atoms with Gasteiger partial charge in [0.15, 0.2) is 0 Å². The number of carbonyl (C=O) groups excluding carboxylic acids is 1. The van der Waals surface area contributed by atoms with Crippen molar-refractivity contribution >= 4 is 12.0 Å². The second kappa shape index (κ2) is 6.23. The molecular formula is C9H18N2O3. The van der Waals surface area contributed by atoms with Crippen molar-refractivity contribution in [3.05, 3.63) is 0 Å². The second-order valence-electron chi connectivity index (χ2n) is 3.49. The molecule has 2 N–H and O–H groups in total. The minimum atomic E-state index is -0.994. The van der Waals surface area contributed by atoms with Crippen LogP contribution in [0.2, 0.25) is 0 Å². The van der Waals surface area contributed by atoms with Gasteiger partial charge in [-0.25, -0.2) is 4.79 Å². The first kappa shape index (κ1) is 12.7. The summed E-state index contributed by atoms with van der Waals surface area (Å²) in [6.07, 6.45) is 0. The number of rotatable bonds is 5. The number of carboxylic acid groups (broad SMARTS) is 1. The van der Waals surface area contributed by atoms with Gasteiger partial charge in [-0.15, -0.1) is 0 Å². The van der Waals surface area contributed by atoms with E-state index in [0.717, 1.165) is 0 Å². The third-order valence-corrected chi connectivity index (χ3v) is 1.66. The van der Waals surface area contributed by atoms with Gasteiger partial charge in [-0.1, -0.05) is 13.8 Å². The zero-order valence-corrected chi connectivity index (χ0v) is 8.91. The molecule has 0 bridgehead atoms. The maximum atomic E-state index is 11.4. The number of carboxylic acids is 1. The average molecular weight is 202 g/mol. The number of nitrogens with zero attached hydrogens (tertiary/aromatic N) is 1. The quantitative estimate of drug-likeness (QED) is 0.691. The van der Waals surface area contributed by atoms with E-state index in [0.29, 0.717) is 19.0 Å². The van der Waals surface area contributed by atoms with Crippen LogP contribution in [-0.4, -0.2) is 41.6 Å². The van der Waals surface area contributed by atoms with Gasteiger partial charge in [-0.2, -0.15) is 0 Å². The molecule has 0 rings (SSSR count). The van der Waals surface area contributed by atoms with Crippen LogP contribution in [0.4, 0.5) is 4.79 Å². The van der Waals surface area contributed by atoms with Crippen LogP contribution in [-0.2, 0) is 4.79 Å². The molecule has 0 fully saturated rings. The molecule has 0 aliphatic heterocycles. The highest BCUT2D eigenvalue weighted by Crippen LogP contribution is 1.92. The maximum Gasteiger partial charge on any atom is 0.323 e. The van der Waals surface area contributed by atoms with Crippen molar-refractivity contribution in [2.75, 3.05) is 19.6 Å². The van der Waals surface area contributed by atoms with Gasteiger partial charge < -0.3 is 15.3 Å². The number of likely N-dealkylation sites (N-methyl/N-ethyl adjacent to an activating group) is 1. The Bertz CT molecular complexity index is 204. The van der Waals surface area contributed by atoms with E-state index in [1.807, 2.05) is 13.8 Å². The number of carbonyl (C=O) groups is 2. The molecule has 0 aromatic carbocycles. The molecule has 5 nitrogen and oxygen atoms in total. The van der Waals surface area contributed by atoms with E-state index in [1.54, 1.807) is 6.92 Å². The summed E-state index contributed by atoms with van der Waals surface area (Å²) < 4.78 is 0. The Morgan fingerprint density at radius 3 is 2.36 bits per heavy atom. The first-order chi connectivity index (χ1) is 6.47. The summed E-state index contributed by atoms with van der Waals surface area (Å²) in [4.78, 5) is 23.0. The van der Waals surface area contributed by atoms with Crippen LogP contribution in [0, 0.1) is 5.92 Å². The largest absolute Gasteiger partial charge is 0.480 e. The van der Waals surface area contributed by atoms with Gasteiger partial charge in [-0.05, 0) is 12.8 Å². The van der Waals surface area contributed by atoms with Crippen LogP contribution < -0.4 is 5.32 Å². The third kappa shape index (κ3) is 5.40. The van der Waals surface area contributed by atoms with E-state index < -0.39 is 5.97 Å². The van der Waals surface area contributed by atoms with E-state index in [1.165, 1.54) is 4.90 Å². The molecule has 5 heteroatoms. The van der Waals surface area contributed by atoms with Crippen LogP contribution in [0.15, 0.2) is 0 Å². The highest BCUT2D eigenvalue weighted by molar-refractivity contribution is 5.79. The number of hydrogen-bond acceptors (Lipinski definition) is 2. The molecule has 0 saturated carbocycles. The molecule has 2 amide bonds. The molecule has 0 radical (unpaired) electrons. The maximum absolute atomic E-state index is 11.4. The molecule has 82 valence electrons.